The van der Waals surface area contributed by atoms with Gasteiger partial charge < -0.3 is 10.1 Å². The molecule has 0 bridgehead atoms. The molecule has 0 aliphatic heterocycles. The van der Waals surface area contributed by atoms with Crippen LogP contribution in [0.2, 0.25) is 0 Å². The first kappa shape index (κ1) is 19.1. The van der Waals surface area contributed by atoms with E-state index in [9.17, 15) is 9.59 Å². The van der Waals surface area contributed by atoms with E-state index in [1.165, 1.54) is 23.0 Å². The number of rotatable bonds is 5. The van der Waals surface area contributed by atoms with Crippen molar-refractivity contribution < 1.29 is 9.53 Å². The van der Waals surface area contributed by atoms with Crippen molar-refractivity contribution in [3.63, 3.8) is 0 Å². The fraction of sp³-hybridized carbons (Fsp3) is 0.0909. The van der Waals surface area contributed by atoms with Gasteiger partial charge in [0.2, 0.25) is 0 Å². The Hall–Kier alpha value is -4.20. The van der Waals surface area contributed by atoms with Crippen LogP contribution in [0.1, 0.15) is 21.6 Å². The zero-order valence-electron chi connectivity index (χ0n) is 16.4. The molecule has 1 amide bonds. The first-order valence-electron chi connectivity index (χ1n) is 9.27. The van der Waals surface area contributed by atoms with E-state index in [0.717, 1.165) is 5.56 Å². The van der Waals surface area contributed by atoms with Crippen LogP contribution >= 0.6 is 0 Å². The topological polar surface area (TPSA) is 102 Å². The van der Waals surface area contributed by atoms with E-state index in [-0.39, 0.29) is 11.5 Å². The molecule has 8 heteroatoms. The molecule has 150 valence electrons. The third-order valence-corrected chi connectivity index (χ3v) is 4.49. The maximum absolute atomic E-state index is 12.9. The largest absolute Gasteiger partial charge is 0.455 e. The van der Waals surface area contributed by atoms with Gasteiger partial charge in [-0.3, -0.25) is 9.59 Å². The SMILES string of the molecule is Cc1cccc(Oc2ccccc2NC(=O)c2cnn(-c3ccc(=O)[nH]n3)c2C)c1. The van der Waals surface area contributed by atoms with Crippen molar-refractivity contribution in [1.82, 2.24) is 20.0 Å². The lowest BCUT2D eigenvalue weighted by atomic mass is 10.2. The fourth-order valence-corrected chi connectivity index (χ4v) is 2.97. The fourth-order valence-electron chi connectivity index (χ4n) is 2.97. The lowest BCUT2D eigenvalue weighted by molar-refractivity contribution is 0.102. The van der Waals surface area contributed by atoms with Crippen molar-refractivity contribution in [3.05, 3.63) is 94.0 Å². The third-order valence-electron chi connectivity index (χ3n) is 4.49. The number of carbonyl (C=O) groups is 1. The van der Waals surface area contributed by atoms with Crippen LogP contribution in [0.4, 0.5) is 5.69 Å². The highest BCUT2D eigenvalue weighted by Crippen LogP contribution is 2.30. The summed E-state index contributed by atoms with van der Waals surface area (Å²) < 4.78 is 7.45. The second-order valence-corrected chi connectivity index (χ2v) is 6.70. The van der Waals surface area contributed by atoms with Gasteiger partial charge in [-0.2, -0.15) is 10.2 Å². The van der Waals surface area contributed by atoms with E-state index >= 15 is 0 Å². The number of hydrogen-bond acceptors (Lipinski definition) is 5. The molecule has 2 aromatic heterocycles. The number of aromatic amines is 1. The van der Waals surface area contributed by atoms with Gasteiger partial charge in [0.05, 0.1) is 23.1 Å². The molecule has 4 aromatic rings. The van der Waals surface area contributed by atoms with Crippen LogP contribution in [0.3, 0.4) is 0 Å². The number of hydrogen-bond donors (Lipinski definition) is 2. The first-order chi connectivity index (χ1) is 14.5. The zero-order chi connectivity index (χ0) is 21.1. The highest BCUT2D eigenvalue weighted by atomic mass is 16.5. The number of anilines is 1. The van der Waals surface area contributed by atoms with Crippen molar-refractivity contribution in [2.45, 2.75) is 13.8 Å². The lowest BCUT2D eigenvalue weighted by Gasteiger charge is -2.12. The summed E-state index contributed by atoms with van der Waals surface area (Å²) in [5.41, 5.74) is 2.27. The molecule has 4 rings (SSSR count). The van der Waals surface area contributed by atoms with Crippen LogP contribution in [0.5, 0.6) is 11.5 Å². The van der Waals surface area contributed by atoms with Crippen molar-refractivity contribution in [2.24, 2.45) is 0 Å². The van der Waals surface area contributed by atoms with Gasteiger partial charge >= 0.3 is 0 Å². The molecule has 2 heterocycles. The molecule has 0 aliphatic rings. The number of nitrogens with one attached hydrogen (secondary N) is 2. The molecule has 0 saturated carbocycles. The summed E-state index contributed by atoms with van der Waals surface area (Å²) in [7, 11) is 0. The molecule has 0 fully saturated rings. The van der Waals surface area contributed by atoms with Crippen LogP contribution in [-0.4, -0.2) is 25.9 Å². The van der Waals surface area contributed by atoms with Gasteiger partial charge in [-0.05, 0) is 49.7 Å². The molecule has 2 N–H and O–H groups in total. The minimum atomic E-state index is -0.330. The number of amides is 1. The van der Waals surface area contributed by atoms with E-state index in [4.69, 9.17) is 4.74 Å². The number of H-pyrrole nitrogens is 1. The van der Waals surface area contributed by atoms with Gasteiger partial charge in [0, 0.05) is 6.07 Å². The minimum absolute atomic E-state index is 0.313. The maximum Gasteiger partial charge on any atom is 0.264 e. The summed E-state index contributed by atoms with van der Waals surface area (Å²) >= 11 is 0. The molecule has 30 heavy (non-hydrogen) atoms. The zero-order valence-corrected chi connectivity index (χ0v) is 16.4. The normalized spacial score (nSPS) is 10.6. The molecule has 0 saturated heterocycles. The summed E-state index contributed by atoms with van der Waals surface area (Å²) in [6, 6.07) is 17.8. The Labute approximate surface area is 172 Å². The molecule has 8 nitrogen and oxygen atoms in total. The molecule has 0 unspecified atom stereocenters. The number of aromatic nitrogens is 4. The van der Waals surface area contributed by atoms with Crippen LogP contribution in [0, 0.1) is 13.8 Å². The maximum atomic E-state index is 12.9. The summed E-state index contributed by atoms with van der Waals surface area (Å²) in [5.74, 6) is 1.30. The van der Waals surface area contributed by atoms with E-state index in [0.29, 0.717) is 34.3 Å². The number of nitrogens with zero attached hydrogens (tertiary/aromatic N) is 3. The second-order valence-electron chi connectivity index (χ2n) is 6.70. The average molecular weight is 401 g/mol. The van der Waals surface area contributed by atoms with Crippen LogP contribution in [0.15, 0.2) is 71.7 Å². The quantitative estimate of drug-likeness (QED) is 0.532. The van der Waals surface area contributed by atoms with Crippen molar-refractivity contribution in [3.8, 4) is 17.3 Å². The van der Waals surface area contributed by atoms with Crippen LogP contribution in [-0.2, 0) is 0 Å². The predicted molar refractivity (Wildman–Crippen MR) is 112 cm³/mol. The number of ether oxygens (including phenoxy) is 1. The summed E-state index contributed by atoms with van der Waals surface area (Å²) in [6.07, 6.45) is 1.46. The Balaban J connectivity index is 1.58. The van der Waals surface area contributed by atoms with Gasteiger partial charge in [-0.25, -0.2) is 9.78 Å². The lowest BCUT2D eigenvalue weighted by Crippen LogP contribution is -2.14. The minimum Gasteiger partial charge on any atom is -0.455 e. The Morgan fingerprint density at radius 1 is 1.07 bits per heavy atom. The Bertz CT molecular complexity index is 1260. The average Bonchev–Trinajstić information content (AvgIpc) is 3.11. The standard InChI is InChI=1S/C22H19N5O3/c1-14-6-5-7-16(12-14)30-19-9-4-3-8-18(19)24-22(29)17-13-23-27(15(17)2)20-10-11-21(28)26-25-20/h3-13H,1-2H3,(H,24,29)(H,26,28). The van der Waals surface area contributed by atoms with Crippen molar-refractivity contribution in [1.29, 1.82) is 0 Å². The van der Waals surface area contributed by atoms with Crippen molar-refractivity contribution >= 4 is 11.6 Å². The van der Waals surface area contributed by atoms with E-state index < -0.39 is 0 Å². The Morgan fingerprint density at radius 2 is 1.90 bits per heavy atom. The summed E-state index contributed by atoms with van der Waals surface area (Å²) in [6.45, 7) is 3.74. The van der Waals surface area contributed by atoms with Crippen molar-refractivity contribution in [2.75, 3.05) is 5.32 Å². The molecule has 2 aromatic carbocycles. The van der Waals surface area contributed by atoms with Gasteiger partial charge in [-0.15, -0.1) is 0 Å². The monoisotopic (exact) mass is 401 g/mol. The highest BCUT2D eigenvalue weighted by molar-refractivity contribution is 6.05. The summed E-state index contributed by atoms with van der Waals surface area (Å²) in [4.78, 5) is 24.1. The number of benzene rings is 2. The molecule has 0 atom stereocenters. The number of aryl methyl sites for hydroxylation is 1. The molecule has 0 aliphatic carbocycles. The van der Waals surface area contributed by atoms with Gasteiger partial charge in [0.1, 0.15) is 5.75 Å². The predicted octanol–water partition coefficient (Wildman–Crippen LogP) is 3.62. The van der Waals surface area contributed by atoms with E-state index in [1.54, 1.807) is 19.1 Å². The summed E-state index contributed by atoms with van der Waals surface area (Å²) in [5, 5.41) is 13.4. The van der Waals surface area contributed by atoms with E-state index in [2.05, 4.69) is 20.6 Å². The molecular formula is C22H19N5O3. The first-order valence-corrected chi connectivity index (χ1v) is 9.27. The number of para-hydroxylation sites is 2. The van der Waals surface area contributed by atoms with Gasteiger partial charge in [0.15, 0.2) is 11.6 Å². The highest BCUT2D eigenvalue weighted by Gasteiger charge is 2.17. The Morgan fingerprint density at radius 3 is 2.67 bits per heavy atom. The van der Waals surface area contributed by atoms with Crippen LogP contribution < -0.4 is 15.6 Å². The molecular weight excluding hydrogens is 382 g/mol. The smallest absolute Gasteiger partial charge is 0.264 e. The third kappa shape index (κ3) is 3.97. The Kier molecular flexibility index (Phi) is 5.13. The second kappa shape index (κ2) is 8.04. The molecule has 0 radical (unpaired) electrons. The molecule has 0 spiro atoms. The van der Waals surface area contributed by atoms with E-state index in [1.807, 2.05) is 43.3 Å². The van der Waals surface area contributed by atoms with Crippen LogP contribution in [0.25, 0.3) is 5.82 Å². The van der Waals surface area contributed by atoms with Gasteiger partial charge in [0.25, 0.3) is 11.5 Å². The van der Waals surface area contributed by atoms with Gasteiger partial charge in [-0.1, -0.05) is 24.3 Å². The number of carbonyl (C=O) groups excluding carboxylic acids is 1.